The number of hydrogen-bond donors (Lipinski definition) is 0. The number of rotatable bonds is 11. The van der Waals surface area contributed by atoms with Crippen LogP contribution < -0.4 is 4.74 Å². The summed E-state index contributed by atoms with van der Waals surface area (Å²) in [7, 11) is -3.28. The normalized spacial score (nSPS) is 18.5. The highest BCUT2D eigenvalue weighted by Gasteiger charge is 2.37. The second kappa shape index (κ2) is 12.0. The van der Waals surface area contributed by atoms with Gasteiger partial charge in [0.05, 0.1) is 22.8 Å². The molecule has 3 aromatic rings. The Balaban J connectivity index is 1.15. The maximum absolute atomic E-state index is 13.7. The Hall–Kier alpha value is -3.08. The molecule has 1 aliphatic carbocycles. The number of ketones is 1. The summed E-state index contributed by atoms with van der Waals surface area (Å²) in [5.74, 6) is 0.627. The lowest BCUT2D eigenvalue weighted by molar-refractivity contribution is -0.120. The van der Waals surface area contributed by atoms with Gasteiger partial charge in [-0.15, -0.1) is 0 Å². The lowest BCUT2D eigenvalue weighted by atomic mass is 9.82. The van der Waals surface area contributed by atoms with Gasteiger partial charge < -0.3 is 14.4 Å². The van der Waals surface area contributed by atoms with E-state index in [9.17, 15) is 18.0 Å². The first-order chi connectivity index (χ1) is 19.9. The zero-order valence-electron chi connectivity index (χ0n) is 22.9. The molecule has 0 bridgehead atoms. The Labute approximate surface area is 244 Å². The second-order valence-corrected chi connectivity index (χ2v) is 14.5. The number of sulfone groups is 1. The Morgan fingerprint density at radius 3 is 2.49 bits per heavy atom. The van der Waals surface area contributed by atoms with Gasteiger partial charge in [0.15, 0.2) is 9.84 Å². The van der Waals surface area contributed by atoms with Gasteiger partial charge in [0.2, 0.25) is 5.06 Å². The zero-order chi connectivity index (χ0) is 28.4. The zero-order valence-corrected chi connectivity index (χ0v) is 24.5. The summed E-state index contributed by atoms with van der Waals surface area (Å²) in [5, 5.41) is 0.942. The Morgan fingerprint density at radius 2 is 1.80 bits per heavy atom. The van der Waals surface area contributed by atoms with Crippen LogP contribution in [0.15, 0.2) is 59.6 Å². The van der Waals surface area contributed by atoms with Gasteiger partial charge in [-0.1, -0.05) is 29.5 Å². The van der Waals surface area contributed by atoms with Crippen molar-refractivity contribution in [3.05, 3.63) is 70.9 Å². The van der Waals surface area contributed by atoms with Gasteiger partial charge in [0.25, 0.3) is 5.91 Å². The quantitative estimate of drug-likeness (QED) is 0.292. The van der Waals surface area contributed by atoms with Crippen molar-refractivity contribution in [1.29, 1.82) is 0 Å². The van der Waals surface area contributed by atoms with Crippen molar-refractivity contribution in [2.75, 3.05) is 26.3 Å². The van der Waals surface area contributed by atoms with Crippen molar-refractivity contribution in [3.63, 3.8) is 0 Å². The SMILES string of the molecule is O=C(Cc1ncc(Oc2cccc(C(=O)N3CCC3)c2)s1)[C@H](CC1CCOCC1)c1ccc(S(=O)(=O)C2CC2)cc1. The van der Waals surface area contributed by atoms with E-state index in [0.717, 1.165) is 50.8 Å². The molecule has 3 heterocycles. The van der Waals surface area contributed by atoms with E-state index >= 15 is 0 Å². The number of likely N-dealkylation sites (tertiary alicyclic amines) is 1. The number of aromatic nitrogens is 1. The summed E-state index contributed by atoms with van der Waals surface area (Å²) in [6.45, 7) is 2.97. The molecule has 2 aromatic carbocycles. The molecule has 41 heavy (non-hydrogen) atoms. The van der Waals surface area contributed by atoms with Gasteiger partial charge >= 0.3 is 0 Å². The summed E-state index contributed by atoms with van der Waals surface area (Å²) in [5.41, 5.74) is 1.43. The summed E-state index contributed by atoms with van der Waals surface area (Å²) in [6.07, 6.45) is 6.77. The molecule has 0 N–H and O–H groups in total. The third-order valence-electron chi connectivity index (χ3n) is 8.17. The molecule has 6 rings (SSSR count). The third-order valence-corrected chi connectivity index (χ3v) is 11.3. The Kier molecular flexibility index (Phi) is 8.23. The average molecular weight is 595 g/mol. The van der Waals surface area contributed by atoms with Crippen molar-refractivity contribution < 1.29 is 27.5 Å². The number of carbonyl (C=O) groups is 2. The molecule has 1 aromatic heterocycles. The maximum Gasteiger partial charge on any atom is 0.253 e. The first kappa shape index (κ1) is 28.1. The van der Waals surface area contributed by atoms with Gasteiger partial charge in [-0.25, -0.2) is 13.4 Å². The number of carbonyl (C=O) groups excluding carboxylic acids is 2. The van der Waals surface area contributed by atoms with Gasteiger partial charge in [-0.05, 0) is 80.3 Å². The molecule has 0 unspecified atom stereocenters. The molecule has 2 saturated heterocycles. The smallest absolute Gasteiger partial charge is 0.253 e. The van der Waals surface area contributed by atoms with Crippen LogP contribution in [0.5, 0.6) is 10.8 Å². The van der Waals surface area contributed by atoms with Crippen LogP contribution in [0.3, 0.4) is 0 Å². The molecule has 2 aliphatic heterocycles. The van der Waals surface area contributed by atoms with Crippen LogP contribution in [0.1, 0.15) is 65.4 Å². The van der Waals surface area contributed by atoms with Crippen LogP contribution in [-0.2, 0) is 25.8 Å². The minimum atomic E-state index is -3.28. The summed E-state index contributed by atoms with van der Waals surface area (Å²) in [6, 6.07) is 14.1. The van der Waals surface area contributed by atoms with Gasteiger partial charge in [-0.3, -0.25) is 9.59 Å². The predicted octanol–water partition coefficient (Wildman–Crippen LogP) is 5.43. The number of amides is 1. The fourth-order valence-electron chi connectivity index (χ4n) is 5.43. The number of benzene rings is 2. The molecule has 3 fully saturated rings. The second-order valence-electron chi connectivity index (χ2n) is 11.1. The maximum atomic E-state index is 13.7. The van der Waals surface area contributed by atoms with E-state index in [4.69, 9.17) is 9.47 Å². The molecular weight excluding hydrogens is 560 g/mol. The molecule has 216 valence electrons. The number of Topliss-reactive ketones (excluding diaryl/α,β-unsaturated/α-hetero) is 1. The molecule has 3 aliphatic rings. The van der Waals surface area contributed by atoms with Gasteiger partial charge in [0, 0.05) is 37.8 Å². The fraction of sp³-hybridized carbons (Fsp3) is 0.452. The van der Waals surface area contributed by atoms with Crippen LogP contribution in [0.2, 0.25) is 0 Å². The van der Waals surface area contributed by atoms with Crippen molar-refractivity contribution in [2.24, 2.45) is 5.92 Å². The highest BCUT2D eigenvalue weighted by molar-refractivity contribution is 7.92. The predicted molar refractivity (Wildman–Crippen MR) is 155 cm³/mol. The van der Waals surface area contributed by atoms with Crippen LogP contribution in [0.25, 0.3) is 0 Å². The average Bonchev–Trinajstić information content (AvgIpc) is 3.73. The minimum absolute atomic E-state index is 0.00558. The van der Waals surface area contributed by atoms with E-state index in [2.05, 4.69) is 4.98 Å². The molecule has 1 amide bonds. The Bertz CT molecular complexity index is 1500. The fourth-order valence-corrected chi connectivity index (χ4v) is 7.89. The van der Waals surface area contributed by atoms with E-state index in [-0.39, 0.29) is 29.3 Å². The number of ether oxygens (including phenoxy) is 2. The minimum Gasteiger partial charge on any atom is -0.445 e. The first-order valence-corrected chi connectivity index (χ1v) is 16.7. The van der Waals surface area contributed by atoms with E-state index in [0.29, 0.717) is 51.8 Å². The van der Waals surface area contributed by atoms with Crippen LogP contribution in [0, 0.1) is 5.92 Å². The van der Waals surface area contributed by atoms with E-state index < -0.39 is 9.84 Å². The summed E-state index contributed by atoms with van der Waals surface area (Å²) in [4.78, 5) is 32.9. The third kappa shape index (κ3) is 6.55. The lowest BCUT2D eigenvalue weighted by Crippen LogP contribution is -2.41. The number of nitrogens with zero attached hydrogens (tertiary/aromatic N) is 2. The highest BCUT2D eigenvalue weighted by Crippen LogP contribution is 2.36. The van der Waals surface area contributed by atoms with Crippen LogP contribution in [-0.4, -0.2) is 61.5 Å². The molecular formula is C31H34N2O6S2. The first-order valence-electron chi connectivity index (χ1n) is 14.3. The number of hydrogen-bond acceptors (Lipinski definition) is 8. The largest absolute Gasteiger partial charge is 0.445 e. The molecule has 0 radical (unpaired) electrons. The Morgan fingerprint density at radius 1 is 1.05 bits per heavy atom. The van der Waals surface area contributed by atoms with Crippen molar-refractivity contribution >= 4 is 32.9 Å². The number of thiazole rings is 1. The summed E-state index contributed by atoms with van der Waals surface area (Å²) < 4.78 is 36.9. The van der Waals surface area contributed by atoms with Crippen LogP contribution >= 0.6 is 11.3 Å². The molecule has 1 saturated carbocycles. The van der Waals surface area contributed by atoms with E-state index in [1.165, 1.54) is 11.3 Å². The van der Waals surface area contributed by atoms with Gasteiger partial charge in [-0.2, -0.15) is 0 Å². The van der Waals surface area contributed by atoms with Crippen molar-refractivity contribution in [1.82, 2.24) is 9.88 Å². The van der Waals surface area contributed by atoms with Crippen LogP contribution in [0.4, 0.5) is 0 Å². The van der Waals surface area contributed by atoms with Gasteiger partial charge in [0.1, 0.15) is 16.5 Å². The molecule has 0 spiro atoms. The monoisotopic (exact) mass is 594 g/mol. The highest BCUT2D eigenvalue weighted by atomic mass is 32.2. The standard InChI is InChI=1S/C31H34N2O6S2/c34-28(19-29-32-20-30(40-29)39-24-4-1-3-23(18-24)31(35)33-13-2-14-33)27(17-21-11-15-38-16-12-21)22-5-7-25(8-6-22)41(36,37)26-9-10-26/h1,3-8,18,20-21,26-27H,2,9-17,19H2/t27-/m1/s1. The van der Waals surface area contributed by atoms with E-state index in [1.807, 2.05) is 17.0 Å². The molecule has 1 atom stereocenters. The van der Waals surface area contributed by atoms with Crippen molar-refractivity contribution in [2.45, 2.75) is 61.0 Å². The lowest BCUT2D eigenvalue weighted by Gasteiger charge is -2.30. The topological polar surface area (TPSA) is 103 Å². The summed E-state index contributed by atoms with van der Waals surface area (Å²) >= 11 is 1.32. The molecule has 10 heteroatoms. The van der Waals surface area contributed by atoms with Crippen molar-refractivity contribution in [3.8, 4) is 10.8 Å². The molecule has 8 nitrogen and oxygen atoms in total. The van der Waals surface area contributed by atoms with E-state index in [1.54, 1.807) is 42.6 Å².